The molecule has 5 nitrogen and oxygen atoms in total. The van der Waals surface area contributed by atoms with Gasteiger partial charge in [0.1, 0.15) is 25.0 Å². The summed E-state index contributed by atoms with van der Waals surface area (Å²) in [5.41, 5.74) is 0. The first-order valence-corrected chi connectivity index (χ1v) is 7.06. The summed E-state index contributed by atoms with van der Waals surface area (Å²) in [5.74, 6) is 0.613. The molecule has 1 atom stereocenters. The maximum absolute atomic E-state index is 11.9. The van der Waals surface area contributed by atoms with Crippen LogP contribution in [0.4, 0.5) is 0 Å². The molecule has 110 valence electrons. The quantitative estimate of drug-likeness (QED) is 0.619. The zero-order valence-electron chi connectivity index (χ0n) is 11.9. The maximum Gasteiger partial charge on any atom is 0.323 e. The van der Waals surface area contributed by atoms with Crippen LogP contribution in [0.5, 0.6) is 5.75 Å². The fourth-order valence-corrected chi connectivity index (χ4v) is 2.16. The van der Waals surface area contributed by atoms with Crippen LogP contribution in [0.3, 0.4) is 0 Å². The highest BCUT2D eigenvalue weighted by Crippen LogP contribution is 2.08. The minimum Gasteiger partial charge on any atom is -0.490 e. The number of ether oxygens (including phenoxy) is 2. The van der Waals surface area contributed by atoms with Crippen molar-refractivity contribution in [1.82, 2.24) is 10.2 Å². The molecule has 1 aromatic carbocycles. The van der Waals surface area contributed by atoms with Crippen molar-refractivity contribution in [3.05, 3.63) is 30.3 Å². The molecule has 2 rings (SSSR count). The zero-order valence-corrected chi connectivity index (χ0v) is 11.9. The van der Waals surface area contributed by atoms with Crippen LogP contribution in [-0.4, -0.2) is 56.3 Å². The van der Waals surface area contributed by atoms with Gasteiger partial charge < -0.3 is 14.8 Å². The molecular formula is C15H22N2O3. The predicted octanol–water partition coefficient (Wildman–Crippen LogP) is 0.902. The molecule has 5 heteroatoms. The summed E-state index contributed by atoms with van der Waals surface area (Å²) < 4.78 is 10.7. The van der Waals surface area contributed by atoms with Gasteiger partial charge in [0.2, 0.25) is 0 Å². The third-order valence-corrected chi connectivity index (χ3v) is 3.38. The summed E-state index contributed by atoms with van der Waals surface area (Å²) in [6.07, 6.45) is 0. The van der Waals surface area contributed by atoms with E-state index < -0.39 is 0 Å². The summed E-state index contributed by atoms with van der Waals surface area (Å²) in [4.78, 5) is 14.0. The first-order chi connectivity index (χ1) is 9.77. The van der Waals surface area contributed by atoms with Gasteiger partial charge in [-0.2, -0.15) is 0 Å². The Morgan fingerprint density at radius 1 is 1.25 bits per heavy atom. The average molecular weight is 278 g/mol. The van der Waals surface area contributed by atoms with E-state index in [0.29, 0.717) is 6.61 Å². The van der Waals surface area contributed by atoms with Gasteiger partial charge >= 0.3 is 5.97 Å². The van der Waals surface area contributed by atoms with Crippen molar-refractivity contribution in [2.45, 2.75) is 13.0 Å². The summed E-state index contributed by atoms with van der Waals surface area (Å²) in [6.45, 7) is 6.18. The molecule has 1 aliphatic heterocycles. The molecule has 0 bridgehead atoms. The van der Waals surface area contributed by atoms with E-state index in [2.05, 4.69) is 10.2 Å². The van der Waals surface area contributed by atoms with Crippen LogP contribution in [0, 0.1) is 0 Å². The lowest BCUT2D eigenvalue weighted by Crippen LogP contribution is -2.50. The second-order valence-corrected chi connectivity index (χ2v) is 4.79. The second-order valence-electron chi connectivity index (χ2n) is 4.79. The van der Waals surface area contributed by atoms with Crippen molar-refractivity contribution in [3.63, 3.8) is 0 Å². The summed E-state index contributed by atoms with van der Waals surface area (Å²) in [7, 11) is 0. The van der Waals surface area contributed by atoms with Crippen LogP contribution in [-0.2, 0) is 9.53 Å². The standard InChI is InChI=1S/C15H22N2O3/c1-13(17-9-7-16-8-10-17)15(18)20-12-11-19-14-5-3-2-4-6-14/h2-6,13,16H,7-12H2,1H3. The van der Waals surface area contributed by atoms with Gasteiger partial charge in [-0.3, -0.25) is 9.69 Å². The van der Waals surface area contributed by atoms with Crippen molar-refractivity contribution in [2.75, 3.05) is 39.4 Å². The zero-order chi connectivity index (χ0) is 14.2. The highest BCUT2D eigenvalue weighted by atomic mass is 16.6. The molecule has 1 aliphatic rings. The van der Waals surface area contributed by atoms with Gasteiger partial charge in [0.05, 0.1) is 0 Å². The van der Waals surface area contributed by atoms with Gasteiger partial charge in [-0.15, -0.1) is 0 Å². The molecule has 1 heterocycles. The summed E-state index contributed by atoms with van der Waals surface area (Å²) >= 11 is 0. The topological polar surface area (TPSA) is 50.8 Å². The summed E-state index contributed by atoms with van der Waals surface area (Å²) in [5, 5.41) is 3.27. The van der Waals surface area contributed by atoms with Crippen LogP contribution in [0.1, 0.15) is 6.92 Å². The molecule has 0 spiro atoms. The number of nitrogens with zero attached hydrogens (tertiary/aromatic N) is 1. The minimum absolute atomic E-state index is 0.177. The number of hydrogen-bond donors (Lipinski definition) is 1. The molecule has 1 saturated heterocycles. The lowest BCUT2D eigenvalue weighted by atomic mass is 10.2. The Morgan fingerprint density at radius 2 is 1.95 bits per heavy atom. The number of hydrogen-bond acceptors (Lipinski definition) is 5. The Labute approximate surface area is 119 Å². The van der Waals surface area contributed by atoms with Crippen LogP contribution in [0.25, 0.3) is 0 Å². The highest BCUT2D eigenvalue weighted by molar-refractivity contribution is 5.75. The maximum atomic E-state index is 11.9. The number of carbonyl (C=O) groups excluding carboxylic acids is 1. The SMILES string of the molecule is CC(C(=O)OCCOc1ccccc1)N1CCNCC1. The van der Waals surface area contributed by atoms with E-state index >= 15 is 0 Å². The molecule has 20 heavy (non-hydrogen) atoms. The lowest BCUT2D eigenvalue weighted by Gasteiger charge is -2.31. The van der Waals surface area contributed by atoms with Crippen molar-refractivity contribution in [3.8, 4) is 5.75 Å². The fourth-order valence-electron chi connectivity index (χ4n) is 2.16. The number of para-hydroxylation sites is 1. The fraction of sp³-hybridized carbons (Fsp3) is 0.533. The van der Waals surface area contributed by atoms with Gasteiger partial charge in [0.15, 0.2) is 0 Å². The number of esters is 1. The molecule has 0 radical (unpaired) electrons. The Morgan fingerprint density at radius 3 is 2.65 bits per heavy atom. The predicted molar refractivity (Wildman–Crippen MR) is 76.8 cm³/mol. The van der Waals surface area contributed by atoms with Gasteiger partial charge in [0.25, 0.3) is 0 Å². The van der Waals surface area contributed by atoms with Crippen LogP contribution in [0.2, 0.25) is 0 Å². The average Bonchev–Trinajstić information content (AvgIpc) is 2.52. The number of rotatable bonds is 6. The van der Waals surface area contributed by atoms with E-state index in [4.69, 9.17) is 9.47 Å². The van der Waals surface area contributed by atoms with E-state index in [-0.39, 0.29) is 18.6 Å². The van der Waals surface area contributed by atoms with Crippen molar-refractivity contribution >= 4 is 5.97 Å². The van der Waals surface area contributed by atoms with Crippen molar-refractivity contribution in [2.24, 2.45) is 0 Å². The Bertz CT molecular complexity index is 405. The summed E-state index contributed by atoms with van der Waals surface area (Å²) in [6, 6.07) is 9.33. The van der Waals surface area contributed by atoms with E-state index in [1.165, 1.54) is 0 Å². The molecule has 1 aromatic rings. The minimum atomic E-state index is -0.186. The molecule has 1 N–H and O–H groups in total. The molecule has 1 fully saturated rings. The molecule has 0 aliphatic carbocycles. The van der Waals surface area contributed by atoms with Crippen LogP contribution in [0.15, 0.2) is 30.3 Å². The third kappa shape index (κ3) is 4.51. The van der Waals surface area contributed by atoms with Crippen molar-refractivity contribution in [1.29, 1.82) is 0 Å². The van der Waals surface area contributed by atoms with E-state index in [0.717, 1.165) is 31.9 Å². The smallest absolute Gasteiger partial charge is 0.323 e. The Balaban J connectivity index is 1.64. The van der Waals surface area contributed by atoms with Gasteiger partial charge in [0, 0.05) is 26.2 Å². The molecule has 0 amide bonds. The normalized spacial score (nSPS) is 17.4. The van der Waals surface area contributed by atoms with Gasteiger partial charge in [-0.1, -0.05) is 18.2 Å². The van der Waals surface area contributed by atoms with E-state index in [9.17, 15) is 4.79 Å². The third-order valence-electron chi connectivity index (χ3n) is 3.38. The highest BCUT2D eigenvalue weighted by Gasteiger charge is 2.23. The number of piperazine rings is 1. The second kappa shape index (κ2) is 7.87. The van der Waals surface area contributed by atoms with E-state index in [1.807, 2.05) is 37.3 Å². The Hall–Kier alpha value is -1.59. The molecule has 0 saturated carbocycles. The van der Waals surface area contributed by atoms with Gasteiger partial charge in [-0.05, 0) is 19.1 Å². The molecule has 0 aromatic heterocycles. The van der Waals surface area contributed by atoms with Crippen molar-refractivity contribution < 1.29 is 14.3 Å². The van der Waals surface area contributed by atoms with Crippen LogP contribution >= 0.6 is 0 Å². The molecule has 1 unspecified atom stereocenters. The largest absolute Gasteiger partial charge is 0.490 e. The number of nitrogens with one attached hydrogen (secondary N) is 1. The lowest BCUT2D eigenvalue weighted by molar-refractivity contribution is -0.150. The van der Waals surface area contributed by atoms with E-state index in [1.54, 1.807) is 0 Å². The first kappa shape index (κ1) is 14.8. The van der Waals surface area contributed by atoms with Crippen LogP contribution < -0.4 is 10.1 Å². The van der Waals surface area contributed by atoms with Gasteiger partial charge in [-0.25, -0.2) is 0 Å². The first-order valence-electron chi connectivity index (χ1n) is 7.06. The molecular weight excluding hydrogens is 256 g/mol. The number of carbonyl (C=O) groups is 1. The Kier molecular flexibility index (Phi) is 5.83. The number of benzene rings is 1. The monoisotopic (exact) mass is 278 g/mol.